The average molecular weight is 172 g/mol. The molecule has 0 radical (unpaired) electrons. The Bertz CT molecular complexity index is 124. The first-order valence-corrected chi connectivity index (χ1v) is 8.18. The van der Waals surface area contributed by atoms with E-state index in [1.807, 2.05) is 0 Å². The second-order valence-corrected chi connectivity index (χ2v) is 9.85. The molecule has 0 amide bonds. The largest absolute Gasteiger partial charge is 0.300 e. The molecule has 0 saturated heterocycles. The van der Waals surface area contributed by atoms with Crippen molar-refractivity contribution in [3.05, 3.63) is 0 Å². The number of carbonyl (C=O) groups excluding carboxylic acids is 1. The Morgan fingerprint density at radius 3 is 2.18 bits per heavy atom. The Morgan fingerprint density at radius 1 is 1.27 bits per heavy atom. The van der Waals surface area contributed by atoms with Gasteiger partial charge in [-0.15, -0.1) is 0 Å². The minimum absolute atomic E-state index is 0.478. The highest BCUT2D eigenvalue weighted by molar-refractivity contribution is 6.78. The maximum absolute atomic E-state index is 11.3. The predicted molar refractivity (Wildman–Crippen MR) is 52.7 cm³/mol. The number of unbranched alkanes of at least 4 members (excludes halogenated alkanes) is 1. The first-order chi connectivity index (χ1) is 4.95. The molecule has 0 heterocycles. The predicted octanol–water partition coefficient (Wildman–Crippen LogP) is 3.08. The van der Waals surface area contributed by atoms with Crippen molar-refractivity contribution in [3.63, 3.8) is 0 Å². The van der Waals surface area contributed by atoms with Crippen LogP contribution in [0.1, 0.15) is 26.2 Å². The van der Waals surface area contributed by atoms with Crippen molar-refractivity contribution in [2.75, 3.05) is 0 Å². The van der Waals surface area contributed by atoms with Crippen LogP contribution >= 0.6 is 0 Å². The Labute approximate surface area is 71.2 Å². The summed E-state index contributed by atoms with van der Waals surface area (Å²) < 4.78 is 0. The number of carbonyl (C=O) groups is 1. The second kappa shape index (κ2) is 4.70. The van der Waals surface area contributed by atoms with Crippen molar-refractivity contribution in [3.8, 4) is 0 Å². The molecule has 0 saturated carbocycles. The lowest BCUT2D eigenvalue weighted by Crippen LogP contribution is -2.23. The zero-order chi connectivity index (χ0) is 8.91. The van der Waals surface area contributed by atoms with Gasteiger partial charge in [0, 0.05) is 12.5 Å². The minimum Gasteiger partial charge on any atom is -0.300 e. The van der Waals surface area contributed by atoms with Gasteiger partial charge in [-0.1, -0.05) is 33.0 Å². The van der Waals surface area contributed by atoms with E-state index >= 15 is 0 Å². The quantitative estimate of drug-likeness (QED) is 0.582. The summed E-state index contributed by atoms with van der Waals surface area (Å²) in [4.78, 5) is 11.3. The van der Waals surface area contributed by atoms with Crippen LogP contribution in [0.2, 0.25) is 25.7 Å². The summed E-state index contributed by atoms with van der Waals surface area (Å²) in [5, 5.41) is 0. The van der Waals surface area contributed by atoms with E-state index in [1.165, 1.54) is 0 Å². The Balaban J connectivity index is 3.53. The van der Waals surface area contributed by atoms with Crippen LogP contribution in [0.15, 0.2) is 0 Å². The van der Waals surface area contributed by atoms with Gasteiger partial charge in [0.15, 0.2) is 0 Å². The molecule has 11 heavy (non-hydrogen) atoms. The lowest BCUT2D eigenvalue weighted by Gasteiger charge is -2.13. The number of ketones is 1. The normalized spacial score (nSPS) is 11.6. The van der Waals surface area contributed by atoms with Crippen LogP contribution in [0, 0.1) is 0 Å². The van der Waals surface area contributed by atoms with Gasteiger partial charge in [0.25, 0.3) is 0 Å². The molecule has 2 heteroatoms. The Morgan fingerprint density at radius 2 is 1.82 bits per heavy atom. The van der Waals surface area contributed by atoms with Gasteiger partial charge in [-0.2, -0.15) is 0 Å². The smallest absolute Gasteiger partial charge is 0.130 e. The fraction of sp³-hybridized carbons (Fsp3) is 0.889. The van der Waals surface area contributed by atoms with Crippen LogP contribution in [0.3, 0.4) is 0 Å². The fourth-order valence-electron chi connectivity index (χ4n) is 1.05. The lowest BCUT2D eigenvalue weighted by molar-refractivity contribution is -0.117. The maximum Gasteiger partial charge on any atom is 0.130 e. The summed E-state index contributed by atoms with van der Waals surface area (Å²) in [6.07, 6.45) is 3.02. The molecule has 0 N–H and O–H groups in total. The highest BCUT2D eigenvalue weighted by Gasteiger charge is 2.17. The van der Waals surface area contributed by atoms with Gasteiger partial charge in [0.05, 0.1) is 8.07 Å². The fourth-order valence-corrected chi connectivity index (χ4v) is 2.41. The van der Waals surface area contributed by atoms with Crippen molar-refractivity contribution in [2.45, 2.75) is 51.9 Å². The van der Waals surface area contributed by atoms with Gasteiger partial charge >= 0.3 is 0 Å². The molecule has 0 aromatic carbocycles. The molecule has 0 fully saturated rings. The molecule has 0 aromatic rings. The van der Waals surface area contributed by atoms with E-state index in [4.69, 9.17) is 0 Å². The van der Waals surface area contributed by atoms with Crippen LogP contribution in [0.25, 0.3) is 0 Å². The zero-order valence-corrected chi connectivity index (χ0v) is 9.24. The summed E-state index contributed by atoms with van der Waals surface area (Å²) in [6, 6.07) is 0.868. The van der Waals surface area contributed by atoms with Crippen molar-refractivity contribution in [1.82, 2.24) is 0 Å². The van der Waals surface area contributed by atoms with Crippen LogP contribution in [0.5, 0.6) is 0 Å². The van der Waals surface area contributed by atoms with Gasteiger partial charge in [-0.05, 0) is 6.42 Å². The summed E-state index contributed by atoms with van der Waals surface area (Å²) >= 11 is 0. The van der Waals surface area contributed by atoms with E-state index in [2.05, 4.69) is 26.6 Å². The molecule has 0 bridgehead atoms. The van der Waals surface area contributed by atoms with Crippen LogP contribution in [-0.2, 0) is 4.79 Å². The highest BCUT2D eigenvalue weighted by Crippen LogP contribution is 2.11. The van der Waals surface area contributed by atoms with E-state index in [0.717, 1.165) is 25.3 Å². The summed E-state index contributed by atoms with van der Waals surface area (Å²) in [6.45, 7) is 8.87. The van der Waals surface area contributed by atoms with E-state index in [0.29, 0.717) is 5.78 Å². The molecule has 0 unspecified atom stereocenters. The molecular formula is C9H20OSi. The SMILES string of the molecule is CCCCC(=O)C[Si](C)(C)C. The molecule has 66 valence electrons. The number of hydrogen-bond acceptors (Lipinski definition) is 1. The van der Waals surface area contributed by atoms with Crippen LogP contribution in [0.4, 0.5) is 0 Å². The van der Waals surface area contributed by atoms with E-state index in [-0.39, 0.29) is 0 Å². The molecule has 0 aliphatic carbocycles. The molecule has 1 nitrogen and oxygen atoms in total. The summed E-state index contributed by atoms with van der Waals surface area (Å²) in [7, 11) is -1.12. The third-order valence-electron chi connectivity index (χ3n) is 1.54. The second-order valence-electron chi connectivity index (χ2n) is 4.38. The number of hydrogen-bond donors (Lipinski definition) is 0. The van der Waals surface area contributed by atoms with Gasteiger partial charge in [-0.25, -0.2) is 0 Å². The van der Waals surface area contributed by atoms with Gasteiger partial charge in [0.1, 0.15) is 5.78 Å². The van der Waals surface area contributed by atoms with Crippen molar-refractivity contribution >= 4 is 13.9 Å². The first-order valence-electron chi connectivity index (χ1n) is 4.47. The third kappa shape index (κ3) is 7.79. The maximum atomic E-state index is 11.3. The average Bonchev–Trinajstić information content (AvgIpc) is 1.79. The van der Waals surface area contributed by atoms with E-state index < -0.39 is 8.07 Å². The van der Waals surface area contributed by atoms with Crippen molar-refractivity contribution in [1.29, 1.82) is 0 Å². The van der Waals surface area contributed by atoms with Crippen molar-refractivity contribution in [2.24, 2.45) is 0 Å². The molecule has 0 spiro atoms. The van der Waals surface area contributed by atoms with E-state index in [1.54, 1.807) is 0 Å². The van der Waals surface area contributed by atoms with Gasteiger partial charge in [0.2, 0.25) is 0 Å². The van der Waals surface area contributed by atoms with E-state index in [9.17, 15) is 4.79 Å². The zero-order valence-electron chi connectivity index (χ0n) is 8.24. The molecular weight excluding hydrogens is 152 g/mol. The summed E-state index contributed by atoms with van der Waals surface area (Å²) in [5.41, 5.74) is 0. The Hall–Kier alpha value is -0.113. The van der Waals surface area contributed by atoms with Gasteiger partial charge < -0.3 is 4.79 Å². The summed E-state index contributed by atoms with van der Waals surface area (Å²) in [5.74, 6) is 0.478. The number of rotatable bonds is 5. The Kier molecular flexibility index (Phi) is 4.65. The number of Topliss-reactive ketones (excluding diaryl/α,β-unsaturated/α-hetero) is 1. The monoisotopic (exact) mass is 172 g/mol. The minimum atomic E-state index is -1.12. The standard InChI is InChI=1S/C9H20OSi/c1-5-6-7-9(10)8-11(2,3)4/h5-8H2,1-4H3. The molecule has 0 rings (SSSR count). The third-order valence-corrected chi connectivity index (χ3v) is 2.99. The van der Waals surface area contributed by atoms with Gasteiger partial charge in [-0.3, -0.25) is 0 Å². The van der Waals surface area contributed by atoms with Crippen LogP contribution < -0.4 is 0 Å². The van der Waals surface area contributed by atoms with Crippen molar-refractivity contribution < 1.29 is 4.79 Å². The molecule has 0 aliphatic rings. The van der Waals surface area contributed by atoms with Crippen LogP contribution in [-0.4, -0.2) is 13.9 Å². The molecule has 0 aliphatic heterocycles. The molecule has 0 atom stereocenters. The first kappa shape index (κ1) is 10.9. The highest BCUT2D eigenvalue weighted by atomic mass is 28.3. The lowest BCUT2D eigenvalue weighted by atomic mass is 10.2. The topological polar surface area (TPSA) is 17.1 Å². The molecule has 0 aromatic heterocycles.